The monoisotopic (exact) mass is 951 g/mol. The topological polar surface area (TPSA) is 215 Å². The molecule has 4 atom stereocenters. The normalized spacial score (nSPS) is 18.4. The lowest BCUT2D eigenvalue weighted by Crippen LogP contribution is -2.41. The van der Waals surface area contributed by atoms with Crippen LogP contribution in [0.15, 0.2) is 97.6 Å². The quantitative estimate of drug-likeness (QED) is 0.0674. The molecule has 8 rings (SSSR count). The van der Waals surface area contributed by atoms with Gasteiger partial charge in [-0.3, -0.25) is 14.2 Å². The first-order chi connectivity index (χ1) is 31.6. The average molecular weight is 952 g/mol. The molecule has 1 amide bonds. The molecule has 2 aromatic heterocycles. The van der Waals surface area contributed by atoms with Crippen LogP contribution in [0.25, 0.3) is 44.5 Å². The largest absolute Gasteiger partial charge is 0.491 e. The fraction of sp³-hybridized carbons (Fsp3) is 0.333. The van der Waals surface area contributed by atoms with E-state index in [1.165, 1.54) is 110 Å². The number of primary amides is 1. The molecule has 0 bridgehead atoms. The molecule has 14 nitrogen and oxygen atoms in total. The molecule has 0 saturated carbocycles. The molecular formula is C48H47F6N5O9. The molecule has 0 spiro atoms. The van der Waals surface area contributed by atoms with Crippen molar-refractivity contribution in [3.8, 4) is 56.0 Å². The minimum Gasteiger partial charge on any atom is -0.491 e. The van der Waals surface area contributed by atoms with Crippen molar-refractivity contribution in [1.82, 2.24) is 19.6 Å². The highest BCUT2D eigenvalue weighted by molar-refractivity contribution is 5.94. The first-order valence-electron chi connectivity index (χ1n) is 21.0. The lowest BCUT2D eigenvalue weighted by molar-refractivity contribution is -0.247. The van der Waals surface area contributed by atoms with Crippen LogP contribution in [0.1, 0.15) is 63.8 Å². The number of aromatic nitrogens is 4. The van der Waals surface area contributed by atoms with Gasteiger partial charge in [0.05, 0.1) is 24.6 Å². The summed E-state index contributed by atoms with van der Waals surface area (Å²) in [5, 5.41) is 59.2. The third-order valence-corrected chi connectivity index (χ3v) is 12.0. The van der Waals surface area contributed by atoms with Crippen molar-refractivity contribution in [3.05, 3.63) is 120 Å². The van der Waals surface area contributed by atoms with Crippen molar-refractivity contribution in [2.24, 2.45) is 5.73 Å². The van der Waals surface area contributed by atoms with Crippen LogP contribution in [0.5, 0.6) is 11.5 Å². The Labute approximate surface area is 384 Å². The van der Waals surface area contributed by atoms with Gasteiger partial charge in [-0.2, -0.15) is 36.5 Å². The first-order valence-corrected chi connectivity index (χ1v) is 21.0. The summed E-state index contributed by atoms with van der Waals surface area (Å²) in [5.74, 6) is -1.74. The van der Waals surface area contributed by atoms with Crippen molar-refractivity contribution in [2.45, 2.75) is 88.4 Å². The highest BCUT2D eigenvalue weighted by atomic mass is 19.4. The van der Waals surface area contributed by atoms with Gasteiger partial charge >= 0.3 is 18.3 Å². The molecule has 7 N–H and O–H groups in total. The summed E-state index contributed by atoms with van der Waals surface area (Å²) in [6, 6.07) is 16.8. The lowest BCUT2D eigenvalue weighted by Gasteiger charge is -2.28. The van der Waals surface area contributed by atoms with E-state index in [0.717, 1.165) is 12.1 Å². The molecule has 360 valence electrons. The van der Waals surface area contributed by atoms with Crippen LogP contribution in [-0.4, -0.2) is 94.7 Å². The summed E-state index contributed by atoms with van der Waals surface area (Å²) in [5.41, 5.74) is -3.01. The van der Waals surface area contributed by atoms with Crippen LogP contribution >= 0.6 is 0 Å². The van der Waals surface area contributed by atoms with Crippen LogP contribution in [0.4, 0.5) is 26.3 Å². The number of nitrogens with zero attached hydrogens (tertiary/aromatic N) is 4. The summed E-state index contributed by atoms with van der Waals surface area (Å²) in [4.78, 5) is 23.5. The highest BCUT2D eigenvalue weighted by Gasteiger charge is 2.62. The van der Waals surface area contributed by atoms with E-state index in [1.54, 1.807) is 26.0 Å². The van der Waals surface area contributed by atoms with Gasteiger partial charge in [0.2, 0.25) is 17.1 Å². The molecule has 2 aliphatic carbocycles. The molecule has 2 aliphatic rings. The Balaban J connectivity index is 0.000000201. The Morgan fingerprint density at radius 3 is 1.34 bits per heavy atom. The van der Waals surface area contributed by atoms with Crippen LogP contribution in [-0.2, 0) is 31.9 Å². The van der Waals surface area contributed by atoms with E-state index in [0.29, 0.717) is 16.7 Å². The maximum Gasteiger partial charge on any atom is 0.425 e. The second kappa shape index (κ2) is 17.1. The maximum atomic E-state index is 14.3. The fourth-order valence-corrected chi connectivity index (χ4v) is 8.12. The van der Waals surface area contributed by atoms with E-state index < -0.39 is 64.3 Å². The number of hydrogen-bond acceptors (Lipinski definition) is 10. The Bertz CT molecular complexity index is 2730. The number of carboxylic acid groups (broad SMARTS) is 1. The van der Waals surface area contributed by atoms with E-state index in [1.807, 2.05) is 0 Å². The number of ether oxygens (including phenoxy) is 2. The number of alkyl halides is 6. The molecular weight excluding hydrogens is 905 g/mol. The average Bonchev–Trinajstić information content (AvgIpc) is 4.07. The van der Waals surface area contributed by atoms with Gasteiger partial charge in [-0.15, -0.1) is 0 Å². The minimum absolute atomic E-state index is 0.00961. The van der Waals surface area contributed by atoms with Crippen LogP contribution in [0.3, 0.4) is 0 Å². The maximum absolute atomic E-state index is 14.3. The van der Waals surface area contributed by atoms with Crippen molar-refractivity contribution in [1.29, 1.82) is 0 Å². The van der Waals surface area contributed by atoms with Crippen molar-refractivity contribution in [3.63, 3.8) is 0 Å². The number of benzene rings is 4. The number of aliphatic carboxylic acids is 1. The van der Waals surface area contributed by atoms with Gasteiger partial charge in [0.25, 0.3) is 0 Å². The number of carbonyl (C=O) groups is 2. The number of fused-ring (bicyclic) bond motifs is 6. The molecule has 2 heterocycles. The molecule has 4 aromatic carbocycles. The predicted octanol–water partition coefficient (Wildman–Crippen LogP) is 7.22. The third-order valence-electron chi connectivity index (χ3n) is 12.0. The number of halogens is 6. The van der Waals surface area contributed by atoms with Crippen molar-refractivity contribution in [2.75, 3.05) is 13.2 Å². The van der Waals surface area contributed by atoms with Crippen LogP contribution < -0.4 is 15.2 Å². The molecule has 6 aromatic rings. The van der Waals surface area contributed by atoms with Gasteiger partial charge in [-0.05, 0) is 99.2 Å². The number of aliphatic hydroxyl groups is 4. The molecule has 20 heteroatoms. The zero-order chi connectivity index (χ0) is 50.1. The summed E-state index contributed by atoms with van der Waals surface area (Å²) in [7, 11) is 0. The van der Waals surface area contributed by atoms with Gasteiger partial charge in [-0.1, -0.05) is 48.5 Å². The highest BCUT2D eigenvalue weighted by Crippen LogP contribution is 2.60. The second-order valence-electron chi connectivity index (χ2n) is 17.7. The predicted molar refractivity (Wildman–Crippen MR) is 234 cm³/mol. The standard InChI is InChI=1S/C24H24F3N3O4.C24H23F3N2O5/c1-13(31)12-34-15-8-17(14-10-29-30(11-14)22(2,3)21(28)32)20-16-6-4-5-7-18(16)23(33,19(20)9-15)24(25,26)27;1-13(30)12-34-15-8-17(14-10-28-29(11-14)22(2,3)21(31)32)20-16-6-4-5-7-18(16)23(33,19(20)9-15)24(25,26)27/h4-11,13,31,33H,12H2,1-3H3,(H2,28,32);4-11,13,30,33H,12H2,1-3H3,(H,31,32)/t2*13-,23+/m00/s1. The SMILES string of the molecule is C[C@H](O)COc1cc(-c2cnn(C(C)(C)C(=O)O)c2)c2c(c1)[C@@](O)(C(F)(F)F)c1ccccc1-2.C[C@H](O)COc1cc(-c2cnn(C(C)(C)C(N)=O)c2)c2c(c1)[C@@](O)(C(F)(F)F)c1ccccc1-2. The van der Waals surface area contributed by atoms with Gasteiger partial charge < -0.3 is 40.7 Å². The van der Waals surface area contributed by atoms with E-state index in [9.17, 15) is 61.5 Å². The molecule has 68 heavy (non-hydrogen) atoms. The number of hydrogen-bond donors (Lipinski definition) is 6. The van der Waals surface area contributed by atoms with Gasteiger partial charge in [-0.25, -0.2) is 4.79 Å². The number of rotatable bonds is 12. The Hall–Kier alpha value is -6.74. The smallest absolute Gasteiger partial charge is 0.425 e. The van der Waals surface area contributed by atoms with Crippen molar-refractivity contribution >= 4 is 11.9 Å². The van der Waals surface area contributed by atoms with Gasteiger partial charge in [0, 0.05) is 45.8 Å². The third kappa shape index (κ3) is 8.13. The molecule has 0 radical (unpaired) electrons. The number of aliphatic hydroxyl groups excluding tert-OH is 2. The number of carbonyl (C=O) groups excluding carboxylic acids is 1. The summed E-state index contributed by atoms with van der Waals surface area (Å²) >= 11 is 0. The molecule has 0 fully saturated rings. The fourth-order valence-electron chi connectivity index (χ4n) is 8.12. The number of amides is 1. The zero-order valence-corrected chi connectivity index (χ0v) is 37.3. The minimum atomic E-state index is -5.04. The molecule has 0 unspecified atom stereocenters. The summed E-state index contributed by atoms with van der Waals surface area (Å²) in [6.45, 7) is 8.62. The van der Waals surface area contributed by atoms with E-state index in [4.69, 9.17) is 15.2 Å². The van der Waals surface area contributed by atoms with Gasteiger partial charge in [0.15, 0.2) is 5.54 Å². The Kier molecular flexibility index (Phi) is 12.4. The zero-order valence-electron chi connectivity index (χ0n) is 37.3. The summed E-state index contributed by atoms with van der Waals surface area (Å²) in [6.07, 6.45) is -6.11. The van der Waals surface area contributed by atoms with Crippen LogP contribution in [0, 0.1) is 0 Å². The van der Waals surface area contributed by atoms with Crippen LogP contribution in [0.2, 0.25) is 0 Å². The van der Waals surface area contributed by atoms with Gasteiger partial charge in [0.1, 0.15) is 30.3 Å². The Morgan fingerprint density at radius 1 is 0.632 bits per heavy atom. The Morgan fingerprint density at radius 2 is 1.00 bits per heavy atom. The van der Waals surface area contributed by atoms with Crippen molar-refractivity contribution < 1.29 is 70.9 Å². The lowest BCUT2D eigenvalue weighted by atomic mass is 9.89. The molecule has 0 saturated heterocycles. The first kappa shape index (κ1) is 49.2. The summed E-state index contributed by atoms with van der Waals surface area (Å²) < 4.78 is 99.6. The number of nitrogens with two attached hydrogens (primary N) is 1. The molecule has 0 aliphatic heterocycles. The number of carboxylic acids is 1. The second-order valence-corrected chi connectivity index (χ2v) is 17.7. The van der Waals surface area contributed by atoms with E-state index in [2.05, 4.69) is 10.2 Å². The van der Waals surface area contributed by atoms with E-state index >= 15 is 0 Å². The van der Waals surface area contributed by atoms with E-state index in [-0.39, 0.29) is 69.2 Å².